The van der Waals surface area contributed by atoms with Crippen LogP contribution in [-0.4, -0.2) is 23.2 Å². The molecule has 0 radical (unpaired) electrons. The lowest BCUT2D eigenvalue weighted by atomic mass is 9.48. The fourth-order valence-electron chi connectivity index (χ4n) is 6.19. The Morgan fingerprint density at radius 1 is 1.07 bits per heavy atom. The van der Waals surface area contributed by atoms with Gasteiger partial charge >= 0.3 is 0 Å². The number of hydrogen-bond acceptors (Lipinski definition) is 2. The van der Waals surface area contributed by atoms with Crippen molar-refractivity contribution >= 4 is 33.4 Å². The summed E-state index contributed by atoms with van der Waals surface area (Å²) in [6.45, 7) is 2.30. The number of carbonyl (C=O) groups excluding carboxylic acids is 2. The van der Waals surface area contributed by atoms with Crippen molar-refractivity contribution in [2.24, 2.45) is 17.8 Å². The van der Waals surface area contributed by atoms with Gasteiger partial charge in [-0.05, 0) is 85.8 Å². The maximum absolute atomic E-state index is 12.2. The molecular formula is C23H31BrN2O2. The molecule has 0 saturated heterocycles. The molecule has 4 nitrogen and oxygen atoms in total. The maximum atomic E-state index is 12.2. The molecule has 0 aromatic heterocycles. The third kappa shape index (κ3) is 4.14. The maximum Gasteiger partial charge on any atom is 0.233 e. The average Bonchev–Trinajstić information content (AvgIpc) is 2.66. The van der Waals surface area contributed by atoms with Gasteiger partial charge in [-0.3, -0.25) is 9.59 Å². The summed E-state index contributed by atoms with van der Waals surface area (Å²) in [5.41, 5.74) is 2.71. The van der Waals surface area contributed by atoms with Crippen LogP contribution in [0.1, 0.15) is 63.9 Å². The van der Waals surface area contributed by atoms with Crippen molar-refractivity contribution < 1.29 is 9.59 Å². The number of nitrogens with one attached hydrogen (secondary N) is 2. The summed E-state index contributed by atoms with van der Waals surface area (Å²) in [6.07, 6.45) is 9.46. The van der Waals surface area contributed by atoms with Gasteiger partial charge in [0.25, 0.3) is 0 Å². The topological polar surface area (TPSA) is 58.2 Å². The monoisotopic (exact) mass is 446 g/mol. The van der Waals surface area contributed by atoms with Crippen LogP contribution in [0.5, 0.6) is 0 Å². The van der Waals surface area contributed by atoms with Crippen LogP contribution in [0.25, 0.3) is 0 Å². The molecule has 2 amide bonds. The number of hydrogen-bond donors (Lipinski definition) is 2. The predicted molar refractivity (Wildman–Crippen MR) is 116 cm³/mol. The molecule has 2 N–H and O–H groups in total. The molecule has 4 fully saturated rings. The number of benzene rings is 1. The van der Waals surface area contributed by atoms with Crippen molar-refractivity contribution in [2.75, 3.05) is 11.9 Å². The van der Waals surface area contributed by atoms with Gasteiger partial charge in [-0.15, -0.1) is 0 Å². The first kappa shape index (κ1) is 19.9. The number of anilines is 1. The van der Waals surface area contributed by atoms with Crippen molar-refractivity contribution in [1.82, 2.24) is 5.32 Å². The van der Waals surface area contributed by atoms with Crippen molar-refractivity contribution in [1.29, 1.82) is 0 Å². The highest BCUT2D eigenvalue weighted by molar-refractivity contribution is 9.10. The van der Waals surface area contributed by atoms with E-state index in [1.165, 1.54) is 44.1 Å². The number of halogens is 1. The summed E-state index contributed by atoms with van der Waals surface area (Å²) in [5.74, 6) is 2.69. The summed E-state index contributed by atoms with van der Waals surface area (Å²) in [7, 11) is 0. The molecule has 4 saturated carbocycles. The third-order valence-corrected chi connectivity index (χ3v) is 8.18. The molecule has 0 heterocycles. The van der Waals surface area contributed by atoms with E-state index in [4.69, 9.17) is 0 Å². The Balaban J connectivity index is 1.30. The van der Waals surface area contributed by atoms with Gasteiger partial charge in [-0.2, -0.15) is 0 Å². The zero-order valence-electron chi connectivity index (χ0n) is 16.7. The van der Waals surface area contributed by atoms with Crippen LogP contribution in [0.15, 0.2) is 24.3 Å². The molecule has 1 aromatic rings. The molecule has 1 aromatic carbocycles. The van der Waals surface area contributed by atoms with Gasteiger partial charge < -0.3 is 10.6 Å². The Morgan fingerprint density at radius 2 is 1.64 bits per heavy atom. The van der Waals surface area contributed by atoms with Crippen LogP contribution in [0.4, 0.5) is 5.69 Å². The Hall–Kier alpha value is -1.36. The molecule has 0 aliphatic heterocycles. The van der Waals surface area contributed by atoms with E-state index in [2.05, 4.69) is 50.8 Å². The number of rotatable bonds is 7. The van der Waals surface area contributed by atoms with Gasteiger partial charge in [0, 0.05) is 18.7 Å². The van der Waals surface area contributed by atoms with Crippen LogP contribution in [-0.2, 0) is 15.0 Å². The lowest BCUT2D eigenvalue weighted by molar-refractivity contribution is -0.120. The lowest BCUT2D eigenvalue weighted by Crippen LogP contribution is -2.48. The van der Waals surface area contributed by atoms with E-state index in [0.717, 1.165) is 29.9 Å². The summed E-state index contributed by atoms with van der Waals surface area (Å²) < 4.78 is 0. The van der Waals surface area contributed by atoms with Gasteiger partial charge in [0.2, 0.25) is 11.8 Å². The van der Waals surface area contributed by atoms with Crippen molar-refractivity contribution in [3.63, 3.8) is 0 Å². The van der Waals surface area contributed by atoms with Crippen LogP contribution >= 0.6 is 15.9 Å². The van der Waals surface area contributed by atoms with Crippen molar-refractivity contribution in [2.45, 2.75) is 68.5 Å². The highest BCUT2D eigenvalue weighted by atomic mass is 79.9. The van der Waals surface area contributed by atoms with E-state index >= 15 is 0 Å². The van der Waals surface area contributed by atoms with E-state index in [-0.39, 0.29) is 23.1 Å². The molecule has 0 spiro atoms. The summed E-state index contributed by atoms with van der Waals surface area (Å²) >= 11 is 3.31. The number of amides is 2. The van der Waals surface area contributed by atoms with E-state index in [0.29, 0.717) is 12.0 Å². The Morgan fingerprint density at radius 3 is 2.18 bits per heavy atom. The highest BCUT2D eigenvalue weighted by Gasteiger charge is 2.51. The minimum Gasteiger partial charge on any atom is -0.355 e. The lowest BCUT2D eigenvalue weighted by Gasteiger charge is -2.57. The second-order valence-corrected chi connectivity index (χ2v) is 10.3. The first-order chi connectivity index (χ1) is 13.5. The normalized spacial score (nSPS) is 31.4. The first-order valence-corrected chi connectivity index (χ1v) is 11.7. The van der Waals surface area contributed by atoms with Gasteiger partial charge in [-0.25, -0.2) is 0 Å². The predicted octanol–water partition coefficient (Wildman–Crippen LogP) is 4.77. The van der Waals surface area contributed by atoms with Gasteiger partial charge in [0.05, 0.1) is 4.83 Å². The Bertz CT molecular complexity index is 695. The minimum atomic E-state index is -0.187. The first-order valence-electron chi connectivity index (χ1n) is 10.8. The van der Waals surface area contributed by atoms with Crippen molar-refractivity contribution in [3.05, 3.63) is 29.8 Å². The third-order valence-electron chi connectivity index (χ3n) is 7.11. The molecule has 4 aliphatic carbocycles. The molecule has 0 unspecified atom stereocenters. The quantitative estimate of drug-likeness (QED) is 0.592. The van der Waals surface area contributed by atoms with Crippen LogP contribution in [0.2, 0.25) is 0 Å². The molecular weight excluding hydrogens is 416 g/mol. The second kappa shape index (κ2) is 8.17. The van der Waals surface area contributed by atoms with Crippen LogP contribution in [0.3, 0.4) is 0 Å². The Kier molecular flexibility index (Phi) is 5.82. The van der Waals surface area contributed by atoms with E-state index in [1.54, 1.807) is 0 Å². The van der Waals surface area contributed by atoms with E-state index in [9.17, 15) is 9.59 Å². The molecule has 152 valence electrons. The standard InChI is InChI=1S/C23H31BrN2O2/c1-2-20(24)22(28)25-8-7-21(27)26-19-5-3-18(4-6-19)23-12-15-9-16(13-23)11-17(10-15)14-23/h3-6,15-17,20H,2,7-14H2,1H3,(H,25,28)(H,26,27)/t15?,16?,17?,20-,23?/m1/s1. The molecule has 4 aliphatic rings. The molecule has 28 heavy (non-hydrogen) atoms. The SMILES string of the molecule is CC[C@@H](Br)C(=O)NCCC(=O)Nc1ccc(C23CC4CC(CC(C4)C2)C3)cc1. The zero-order valence-corrected chi connectivity index (χ0v) is 18.3. The summed E-state index contributed by atoms with van der Waals surface area (Å²) in [5, 5.41) is 5.74. The van der Waals surface area contributed by atoms with Crippen LogP contribution in [0, 0.1) is 17.8 Å². The summed E-state index contributed by atoms with van der Waals surface area (Å²) in [4.78, 5) is 23.7. The molecule has 4 bridgehead atoms. The van der Waals surface area contributed by atoms with E-state index < -0.39 is 0 Å². The van der Waals surface area contributed by atoms with E-state index in [1.807, 2.05) is 6.92 Å². The van der Waals surface area contributed by atoms with Gasteiger partial charge in [0.1, 0.15) is 0 Å². The number of carbonyl (C=O) groups is 2. The van der Waals surface area contributed by atoms with Crippen molar-refractivity contribution in [3.8, 4) is 0 Å². The largest absolute Gasteiger partial charge is 0.355 e. The van der Waals surface area contributed by atoms with Gasteiger partial charge in [0.15, 0.2) is 0 Å². The Labute approximate surface area is 176 Å². The fraction of sp³-hybridized carbons (Fsp3) is 0.652. The summed E-state index contributed by atoms with van der Waals surface area (Å²) in [6, 6.07) is 8.58. The van der Waals surface area contributed by atoms with Gasteiger partial charge in [-0.1, -0.05) is 35.0 Å². The number of alkyl halides is 1. The molecule has 1 atom stereocenters. The second-order valence-electron chi connectivity index (χ2n) is 9.24. The molecule has 5 rings (SSSR count). The highest BCUT2D eigenvalue weighted by Crippen LogP contribution is 2.60. The van der Waals surface area contributed by atoms with Crippen LogP contribution < -0.4 is 10.6 Å². The molecule has 5 heteroatoms. The fourth-order valence-corrected chi connectivity index (χ4v) is 6.35. The zero-order chi connectivity index (χ0) is 19.7. The average molecular weight is 447 g/mol. The smallest absolute Gasteiger partial charge is 0.233 e. The minimum absolute atomic E-state index is 0.0600.